The Labute approximate surface area is 127 Å². The summed E-state index contributed by atoms with van der Waals surface area (Å²) in [5.41, 5.74) is 2.36. The van der Waals surface area contributed by atoms with Crippen molar-refractivity contribution in [2.45, 2.75) is 13.5 Å². The predicted octanol–water partition coefficient (Wildman–Crippen LogP) is 4.19. The molecule has 0 heterocycles. The molecule has 0 aliphatic rings. The van der Waals surface area contributed by atoms with Crippen LogP contribution in [0, 0.1) is 12.7 Å². The fourth-order valence-electron chi connectivity index (χ4n) is 1.98. The zero-order valence-electron chi connectivity index (χ0n) is 11.7. The highest BCUT2D eigenvalue weighted by Crippen LogP contribution is 2.22. The maximum Gasteiger partial charge on any atom is 0.340 e. The summed E-state index contributed by atoms with van der Waals surface area (Å²) in [4.78, 5) is 11.7. The van der Waals surface area contributed by atoms with Crippen LogP contribution in [0.5, 0.6) is 0 Å². The van der Waals surface area contributed by atoms with Crippen LogP contribution >= 0.6 is 11.6 Å². The van der Waals surface area contributed by atoms with Crippen LogP contribution in [-0.4, -0.2) is 13.1 Å². The van der Waals surface area contributed by atoms with Crippen LogP contribution in [0.4, 0.5) is 10.1 Å². The number of rotatable bonds is 4. The van der Waals surface area contributed by atoms with Crippen molar-refractivity contribution in [3.05, 3.63) is 63.9 Å². The van der Waals surface area contributed by atoms with Gasteiger partial charge in [-0.2, -0.15) is 0 Å². The van der Waals surface area contributed by atoms with Crippen LogP contribution < -0.4 is 5.32 Å². The minimum absolute atomic E-state index is 0.263. The summed E-state index contributed by atoms with van der Waals surface area (Å²) in [5.74, 6) is -0.786. The maximum atomic E-state index is 13.7. The molecular formula is C16H15ClFNO2. The lowest BCUT2D eigenvalue weighted by molar-refractivity contribution is 0.0602. The van der Waals surface area contributed by atoms with Gasteiger partial charge in [0.1, 0.15) is 5.82 Å². The molecule has 0 saturated heterocycles. The number of carbonyl (C=O) groups is 1. The summed E-state index contributed by atoms with van der Waals surface area (Å²) in [6.07, 6.45) is 0. The summed E-state index contributed by atoms with van der Waals surface area (Å²) in [7, 11) is 1.30. The van der Waals surface area contributed by atoms with Gasteiger partial charge in [0.2, 0.25) is 0 Å². The Kier molecular flexibility index (Phi) is 4.81. The number of carbonyl (C=O) groups excluding carboxylic acids is 1. The number of esters is 1. The van der Waals surface area contributed by atoms with Crippen LogP contribution in [0.3, 0.4) is 0 Å². The van der Waals surface area contributed by atoms with Crippen LogP contribution in [0.1, 0.15) is 21.5 Å². The predicted molar refractivity (Wildman–Crippen MR) is 81.3 cm³/mol. The Morgan fingerprint density at radius 1 is 1.29 bits per heavy atom. The first kappa shape index (κ1) is 15.3. The lowest BCUT2D eigenvalue weighted by Gasteiger charge is -2.12. The van der Waals surface area contributed by atoms with Gasteiger partial charge in [-0.05, 0) is 31.2 Å². The molecule has 5 heteroatoms. The number of hydrogen-bond acceptors (Lipinski definition) is 3. The Bertz CT molecular complexity index is 673. The van der Waals surface area contributed by atoms with Gasteiger partial charge < -0.3 is 10.1 Å². The van der Waals surface area contributed by atoms with E-state index in [9.17, 15) is 9.18 Å². The Morgan fingerprint density at radius 3 is 2.76 bits per heavy atom. The van der Waals surface area contributed by atoms with Gasteiger partial charge >= 0.3 is 5.97 Å². The molecule has 0 unspecified atom stereocenters. The monoisotopic (exact) mass is 307 g/mol. The average molecular weight is 308 g/mol. The number of halogens is 2. The van der Waals surface area contributed by atoms with E-state index >= 15 is 0 Å². The van der Waals surface area contributed by atoms with Crippen LogP contribution in [0.15, 0.2) is 36.4 Å². The fourth-order valence-corrected chi connectivity index (χ4v) is 2.15. The highest BCUT2D eigenvalue weighted by molar-refractivity contribution is 6.31. The molecule has 0 atom stereocenters. The number of anilines is 1. The topological polar surface area (TPSA) is 38.3 Å². The van der Waals surface area contributed by atoms with Crippen molar-refractivity contribution in [1.82, 2.24) is 0 Å². The van der Waals surface area contributed by atoms with Gasteiger partial charge in [0.15, 0.2) is 0 Å². The van der Waals surface area contributed by atoms with E-state index in [-0.39, 0.29) is 12.4 Å². The number of benzene rings is 2. The number of aryl methyl sites for hydroxylation is 1. The molecule has 1 N–H and O–H groups in total. The lowest BCUT2D eigenvalue weighted by atomic mass is 10.1. The quantitative estimate of drug-likeness (QED) is 0.861. The van der Waals surface area contributed by atoms with Crippen molar-refractivity contribution in [2.75, 3.05) is 12.4 Å². The van der Waals surface area contributed by atoms with E-state index in [1.165, 1.54) is 19.2 Å². The number of hydrogen-bond donors (Lipinski definition) is 1. The Hall–Kier alpha value is -2.07. The van der Waals surface area contributed by atoms with Gasteiger partial charge in [0.25, 0.3) is 0 Å². The molecule has 0 aliphatic carbocycles. The average Bonchev–Trinajstić information content (AvgIpc) is 2.48. The summed E-state index contributed by atoms with van der Waals surface area (Å²) in [6, 6.07) is 9.74. The third-order valence-electron chi connectivity index (χ3n) is 3.06. The summed E-state index contributed by atoms with van der Waals surface area (Å²) in [6.45, 7) is 2.16. The van der Waals surface area contributed by atoms with Crippen molar-refractivity contribution >= 4 is 23.3 Å². The third-order valence-corrected chi connectivity index (χ3v) is 3.29. The first-order valence-electron chi connectivity index (χ1n) is 6.38. The van der Waals surface area contributed by atoms with E-state index < -0.39 is 5.97 Å². The van der Waals surface area contributed by atoms with E-state index in [2.05, 4.69) is 5.32 Å². The largest absolute Gasteiger partial charge is 0.465 e. The second-order valence-corrected chi connectivity index (χ2v) is 5.07. The van der Waals surface area contributed by atoms with Gasteiger partial charge in [0, 0.05) is 22.8 Å². The minimum Gasteiger partial charge on any atom is -0.465 e. The molecule has 0 fully saturated rings. The smallest absolute Gasteiger partial charge is 0.340 e. The molecule has 110 valence electrons. The van der Waals surface area contributed by atoms with E-state index in [1.807, 2.05) is 6.92 Å². The van der Waals surface area contributed by atoms with Crippen molar-refractivity contribution in [1.29, 1.82) is 0 Å². The van der Waals surface area contributed by atoms with Crippen molar-refractivity contribution in [2.24, 2.45) is 0 Å². The number of methoxy groups -OCH3 is 1. The van der Waals surface area contributed by atoms with E-state index in [0.29, 0.717) is 21.8 Å². The second kappa shape index (κ2) is 6.59. The second-order valence-electron chi connectivity index (χ2n) is 4.63. The van der Waals surface area contributed by atoms with Crippen LogP contribution in [0.25, 0.3) is 0 Å². The molecule has 3 nitrogen and oxygen atoms in total. The fraction of sp³-hybridized carbons (Fsp3) is 0.188. The summed E-state index contributed by atoms with van der Waals surface area (Å²) < 4.78 is 18.4. The summed E-state index contributed by atoms with van der Waals surface area (Å²) in [5, 5.41) is 3.47. The van der Waals surface area contributed by atoms with Crippen molar-refractivity contribution in [3.8, 4) is 0 Å². The van der Waals surface area contributed by atoms with E-state index in [1.54, 1.807) is 24.3 Å². The molecule has 0 saturated carbocycles. The summed E-state index contributed by atoms with van der Waals surface area (Å²) >= 11 is 5.89. The van der Waals surface area contributed by atoms with Gasteiger partial charge in [-0.1, -0.05) is 29.3 Å². The SMILES string of the molecule is COC(=O)c1cc(Cl)ccc1NCc1cc(C)ccc1F. The standard InChI is InChI=1S/C16H15ClFNO2/c1-10-3-5-14(18)11(7-10)9-19-15-6-4-12(17)8-13(15)16(20)21-2/h3-8,19H,9H2,1-2H3. The maximum absolute atomic E-state index is 13.7. The van der Waals surface area contributed by atoms with Crippen LogP contribution in [0.2, 0.25) is 5.02 Å². The van der Waals surface area contributed by atoms with Gasteiger partial charge in [0.05, 0.1) is 12.7 Å². The van der Waals surface area contributed by atoms with Gasteiger partial charge in [-0.25, -0.2) is 9.18 Å². The first-order chi connectivity index (χ1) is 10.0. The highest BCUT2D eigenvalue weighted by atomic mass is 35.5. The minimum atomic E-state index is -0.496. The third kappa shape index (κ3) is 3.73. The number of ether oxygens (including phenoxy) is 1. The zero-order valence-corrected chi connectivity index (χ0v) is 12.5. The molecular weight excluding hydrogens is 293 g/mol. The van der Waals surface area contributed by atoms with Crippen LogP contribution in [-0.2, 0) is 11.3 Å². The molecule has 0 aromatic heterocycles. The molecule has 21 heavy (non-hydrogen) atoms. The molecule has 0 aliphatic heterocycles. The Morgan fingerprint density at radius 2 is 2.05 bits per heavy atom. The molecule has 2 aromatic carbocycles. The van der Waals surface area contributed by atoms with Gasteiger partial charge in [-0.15, -0.1) is 0 Å². The molecule has 0 radical (unpaired) electrons. The normalized spacial score (nSPS) is 10.3. The first-order valence-corrected chi connectivity index (χ1v) is 6.76. The van der Waals surface area contributed by atoms with Crippen molar-refractivity contribution < 1.29 is 13.9 Å². The van der Waals surface area contributed by atoms with E-state index in [0.717, 1.165) is 5.56 Å². The molecule has 2 aromatic rings. The van der Waals surface area contributed by atoms with E-state index in [4.69, 9.17) is 16.3 Å². The molecule has 0 spiro atoms. The molecule has 0 bridgehead atoms. The van der Waals surface area contributed by atoms with Gasteiger partial charge in [-0.3, -0.25) is 0 Å². The highest BCUT2D eigenvalue weighted by Gasteiger charge is 2.13. The van der Waals surface area contributed by atoms with Crippen molar-refractivity contribution in [3.63, 3.8) is 0 Å². The Balaban J connectivity index is 2.24. The lowest BCUT2D eigenvalue weighted by Crippen LogP contribution is -2.09. The zero-order chi connectivity index (χ0) is 15.4. The molecule has 2 rings (SSSR count). The molecule has 0 amide bonds. The number of nitrogens with one attached hydrogen (secondary N) is 1.